The molecule has 31 heavy (non-hydrogen) atoms. The summed E-state index contributed by atoms with van der Waals surface area (Å²) in [6, 6.07) is 5.64. The number of carbonyl (C=O) groups is 1. The minimum Gasteiger partial charge on any atom is -0.327 e. The number of hydrogen-bond donors (Lipinski definition) is 2. The summed E-state index contributed by atoms with van der Waals surface area (Å²) in [6.45, 7) is 1.09. The molecular weight excluding hydrogens is 443 g/mol. The van der Waals surface area contributed by atoms with E-state index in [0.29, 0.717) is 0 Å². The summed E-state index contributed by atoms with van der Waals surface area (Å²) < 4.78 is 66.9. The van der Waals surface area contributed by atoms with E-state index in [9.17, 15) is 26.7 Å². The maximum Gasteiger partial charge on any atom is 0.417 e. The molecule has 2 aromatic carbocycles. The highest BCUT2D eigenvalue weighted by Crippen LogP contribution is 2.36. The minimum absolute atomic E-state index is 0.115. The molecule has 2 aromatic rings. The fourth-order valence-electron chi connectivity index (χ4n) is 3.28. The molecule has 0 bridgehead atoms. The first-order valence-electron chi connectivity index (χ1n) is 8.98. The molecule has 1 amide bonds. The Morgan fingerprint density at radius 1 is 1.13 bits per heavy atom. The predicted octanol–water partition coefficient (Wildman–Crippen LogP) is 4.79. The maximum absolute atomic E-state index is 14.1. The highest BCUT2D eigenvalue weighted by molar-refractivity contribution is 6.34. The van der Waals surface area contributed by atoms with Crippen LogP contribution in [0.5, 0.6) is 0 Å². The lowest BCUT2D eigenvalue weighted by Gasteiger charge is -2.41. The van der Waals surface area contributed by atoms with Gasteiger partial charge in [-0.1, -0.05) is 23.7 Å². The molecule has 0 saturated carbocycles. The molecule has 1 aliphatic rings. The lowest BCUT2D eigenvalue weighted by molar-refractivity contribution is -0.137. The van der Waals surface area contributed by atoms with Crippen LogP contribution in [-0.4, -0.2) is 46.5 Å². The van der Waals surface area contributed by atoms with Crippen LogP contribution < -0.4 is 0 Å². The maximum atomic E-state index is 14.1. The van der Waals surface area contributed by atoms with E-state index in [0.717, 1.165) is 34.1 Å². The number of carbonyl (C=O) groups excluding carboxylic acids is 1. The average molecular weight is 459 g/mol. The fraction of sp³-hybridized carbons (Fsp3) is 0.250. The number of piperazine rings is 1. The number of rotatable bonds is 2. The van der Waals surface area contributed by atoms with Crippen molar-refractivity contribution in [3.05, 3.63) is 69.7 Å². The third-order valence-electron chi connectivity index (χ3n) is 4.90. The quantitative estimate of drug-likeness (QED) is 0.386. The summed E-state index contributed by atoms with van der Waals surface area (Å²) in [4.78, 5) is 15.2. The third-order valence-corrected chi connectivity index (χ3v) is 5.30. The fourth-order valence-corrected chi connectivity index (χ4v) is 3.59. The number of hydrogen-bond acceptors (Lipinski definition) is 3. The molecule has 0 spiro atoms. The summed E-state index contributed by atoms with van der Waals surface area (Å²) in [6.07, 6.45) is -4.74. The van der Waals surface area contributed by atoms with E-state index in [4.69, 9.17) is 22.4 Å². The Bertz CT molecular complexity index is 1070. The number of halogens is 6. The molecule has 0 aliphatic carbocycles. The van der Waals surface area contributed by atoms with Gasteiger partial charge in [0.15, 0.2) is 11.6 Å². The van der Waals surface area contributed by atoms with Crippen LogP contribution in [0.25, 0.3) is 0 Å². The lowest BCUT2D eigenvalue weighted by atomic mass is 10.1. The van der Waals surface area contributed by atoms with Gasteiger partial charge in [0.05, 0.1) is 28.3 Å². The van der Waals surface area contributed by atoms with E-state index in [-0.39, 0.29) is 30.1 Å². The third kappa shape index (κ3) is 4.25. The Hall–Kier alpha value is -3.01. The van der Waals surface area contributed by atoms with E-state index < -0.39 is 46.2 Å². The summed E-state index contributed by atoms with van der Waals surface area (Å²) in [5.41, 5.74) is -1.86. The Kier molecular flexibility index (Phi) is 6.04. The Labute approximate surface area is 179 Å². The first kappa shape index (κ1) is 22.7. The summed E-state index contributed by atoms with van der Waals surface area (Å²) in [5.74, 6) is -3.92. The second-order valence-corrected chi connectivity index (χ2v) is 7.33. The predicted molar refractivity (Wildman–Crippen MR) is 105 cm³/mol. The topological polar surface area (TPSA) is 71.2 Å². The molecular formula is C20H16ClF5N4O. The molecule has 164 valence electrons. The smallest absolute Gasteiger partial charge is 0.327 e. The van der Waals surface area contributed by atoms with Crippen molar-refractivity contribution in [2.24, 2.45) is 0 Å². The number of alkyl halides is 3. The van der Waals surface area contributed by atoms with Crippen molar-refractivity contribution >= 4 is 29.2 Å². The van der Waals surface area contributed by atoms with Crippen molar-refractivity contribution in [1.82, 2.24) is 9.80 Å². The number of amidine groups is 2. The standard InChI is InChI=1S/C20H16ClF5N4O/c1-10-8-30(18(28)12-5-3-7-14(22)17(12)23)15(27)9-29(10)19(31)11-4-2-6-13(16(11)21)20(24,25)26/h2-7,10,27-28H,8-9H2,1H3. The van der Waals surface area contributed by atoms with Crippen molar-refractivity contribution in [2.75, 3.05) is 13.1 Å². The van der Waals surface area contributed by atoms with E-state index in [1.807, 2.05) is 0 Å². The van der Waals surface area contributed by atoms with Crippen LogP contribution in [0.15, 0.2) is 36.4 Å². The van der Waals surface area contributed by atoms with Gasteiger partial charge >= 0.3 is 6.18 Å². The molecule has 1 atom stereocenters. The molecule has 1 fully saturated rings. The molecule has 1 aliphatic heterocycles. The molecule has 11 heteroatoms. The Balaban J connectivity index is 1.85. The SMILES string of the molecule is CC1CN(C(=N)c2cccc(F)c2F)C(=N)CN1C(=O)c1cccc(C(F)(F)F)c1Cl. The first-order valence-corrected chi connectivity index (χ1v) is 9.35. The zero-order valence-corrected chi connectivity index (χ0v) is 16.8. The van der Waals surface area contributed by atoms with E-state index in [2.05, 4.69) is 0 Å². The van der Waals surface area contributed by atoms with Gasteiger partial charge in [0.1, 0.15) is 11.7 Å². The number of benzene rings is 2. The lowest BCUT2D eigenvalue weighted by Crippen LogP contribution is -2.58. The Morgan fingerprint density at radius 3 is 2.39 bits per heavy atom. The van der Waals surface area contributed by atoms with Gasteiger partial charge in [0, 0.05) is 12.6 Å². The van der Waals surface area contributed by atoms with Crippen molar-refractivity contribution in [3.8, 4) is 0 Å². The van der Waals surface area contributed by atoms with Gasteiger partial charge in [-0.15, -0.1) is 0 Å². The van der Waals surface area contributed by atoms with Crippen LogP contribution in [0.3, 0.4) is 0 Å². The number of nitrogens with zero attached hydrogens (tertiary/aromatic N) is 2. The van der Waals surface area contributed by atoms with Gasteiger partial charge < -0.3 is 9.80 Å². The molecule has 1 heterocycles. The molecule has 1 saturated heterocycles. The van der Waals surface area contributed by atoms with Gasteiger partial charge in [-0.2, -0.15) is 13.2 Å². The van der Waals surface area contributed by atoms with Crippen LogP contribution in [0.2, 0.25) is 5.02 Å². The largest absolute Gasteiger partial charge is 0.417 e. The second-order valence-electron chi connectivity index (χ2n) is 6.95. The average Bonchev–Trinajstić information content (AvgIpc) is 2.69. The zero-order valence-electron chi connectivity index (χ0n) is 16.0. The minimum atomic E-state index is -4.74. The second kappa shape index (κ2) is 8.26. The number of nitrogens with one attached hydrogen (secondary N) is 2. The molecule has 2 N–H and O–H groups in total. The van der Waals surface area contributed by atoms with Gasteiger partial charge in [0.2, 0.25) is 0 Å². The molecule has 5 nitrogen and oxygen atoms in total. The van der Waals surface area contributed by atoms with Crippen LogP contribution in [0.4, 0.5) is 22.0 Å². The summed E-state index contributed by atoms with van der Waals surface area (Å²) >= 11 is 5.84. The van der Waals surface area contributed by atoms with E-state index in [1.165, 1.54) is 12.1 Å². The van der Waals surface area contributed by atoms with Gasteiger partial charge in [-0.25, -0.2) is 8.78 Å². The molecule has 1 unspecified atom stereocenters. The van der Waals surface area contributed by atoms with E-state index >= 15 is 0 Å². The van der Waals surface area contributed by atoms with Crippen molar-refractivity contribution in [3.63, 3.8) is 0 Å². The summed E-state index contributed by atoms with van der Waals surface area (Å²) in [5, 5.41) is 15.6. The summed E-state index contributed by atoms with van der Waals surface area (Å²) in [7, 11) is 0. The van der Waals surface area contributed by atoms with Crippen molar-refractivity contribution in [1.29, 1.82) is 10.8 Å². The normalized spacial score (nSPS) is 17.1. The monoisotopic (exact) mass is 458 g/mol. The molecule has 3 rings (SSSR count). The van der Waals surface area contributed by atoms with Gasteiger partial charge in [0.25, 0.3) is 5.91 Å². The highest BCUT2D eigenvalue weighted by atomic mass is 35.5. The number of amides is 1. The first-order chi connectivity index (χ1) is 14.4. The van der Waals surface area contributed by atoms with Crippen molar-refractivity contribution < 1.29 is 26.7 Å². The highest BCUT2D eigenvalue weighted by Gasteiger charge is 2.38. The van der Waals surface area contributed by atoms with Crippen LogP contribution in [-0.2, 0) is 6.18 Å². The Morgan fingerprint density at radius 2 is 1.74 bits per heavy atom. The van der Waals surface area contributed by atoms with Gasteiger partial charge in [-0.3, -0.25) is 15.6 Å². The van der Waals surface area contributed by atoms with Crippen molar-refractivity contribution in [2.45, 2.75) is 19.1 Å². The molecule has 0 radical (unpaired) electrons. The van der Waals surface area contributed by atoms with Crippen LogP contribution in [0, 0.1) is 22.5 Å². The van der Waals surface area contributed by atoms with Gasteiger partial charge in [-0.05, 0) is 31.2 Å². The molecule has 0 aromatic heterocycles. The zero-order chi connectivity index (χ0) is 23.1. The van der Waals surface area contributed by atoms with Crippen LogP contribution >= 0.6 is 11.6 Å². The van der Waals surface area contributed by atoms with Crippen LogP contribution in [0.1, 0.15) is 28.4 Å². The van der Waals surface area contributed by atoms with E-state index in [1.54, 1.807) is 6.92 Å².